The Morgan fingerprint density at radius 3 is 2.65 bits per heavy atom. The number of benzene rings is 1. The Morgan fingerprint density at radius 1 is 1.26 bits per heavy atom. The smallest absolute Gasteiger partial charge is 0.252 e. The van der Waals surface area contributed by atoms with Crippen LogP contribution in [0.4, 0.5) is 0 Å². The van der Waals surface area contributed by atoms with E-state index in [0.717, 1.165) is 11.1 Å². The molecule has 122 valence electrons. The summed E-state index contributed by atoms with van der Waals surface area (Å²) < 4.78 is 0. The number of aromatic nitrogens is 1. The van der Waals surface area contributed by atoms with Gasteiger partial charge in [0, 0.05) is 19.3 Å². The minimum absolute atomic E-state index is 0.187. The van der Waals surface area contributed by atoms with Gasteiger partial charge in [-0.05, 0) is 36.1 Å². The summed E-state index contributed by atoms with van der Waals surface area (Å²) in [6, 6.07) is 11.0. The second-order valence-corrected chi connectivity index (χ2v) is 5.63. The number of hydrogen-bond donors (Lipinski definition) is 3. The number of carbonyl (C=O) groups excluding carboxylic acids is 1. The fourth-order valence-electron chi connectivity index (χ4n) is 2.25. The Kier molecular flexibility index (Phi) is 6.52. The van der Waals surface area contributed by atoms with E-state index in [-0.39, 0.29) is 12.5 Å². The van der Waals surface area contributed by atoms with Gasteiger partial charge in [-0.15, -0.1) is 0 Å². The molecule has 0 aliphatic heterocycles. The summed E-state index contributed by atoms with van der Waals surface area (Å²) in [4.78, 5) is 15.8. The Balaban J connectivity index is 1.79. The van der Waals surface area contributed by atoms with E-state index in [9.17, 15) is 9.90 Å². The SMILES string of the molecule is NCc1ccccc1CCC(O)CNC(=O)c1ccc(Cl)nc1. The third kappa shape index (κ3) is 5.32. The van der Waals surface area contributed by atoms with Gasteiger partial charge in [-0.25, -0.2) is 4.98 Å². The molecule has 0 saturated carbocycles. The van der Waals surface area contributed by atoms with Gasteiger partial charge in [-0.1, -0.05) is 35.9 Å². The number of nitrogens with one attached hydrogen (secondary N) is 1. The molecule has 0 radical (unpaired) electrons. The number of carbonyl (C=O) groups is 1. The van der Waals surface area contributed by atoms with Crippen molar-refractivity contribution >= 4 is 17.5 Å². The van der Waals surface area contributed by atoms with Crippen molar-refractivity contribution < 1.29 is 9.90 Å². The van der Waals surface area contributed by atoms with Crippen molar-refractivity contribution in [2.24, 2.45) is 5.73 Å². The van der Waals surface area contributed by atoms with Crippen LogP contribution in [-0.2, 0) is 13.0 Å². The van der Waals surface area contributed by atoms with Crippen LogP contribution in [0.1, 0.15) is 27.9 Å². The molecule has 4 N–H and O–H groups in total. The number of pyridine rings is 1. The molecule has 6 heteroatoms. The first-order valence-electron chi connectivity index (χ1n) is 7.45. The Labute approximate surface area is 140 Å². The molecule has 1 aromatic heterocycles. The number of rotatable bonds is 7. The molecular weight excluding hydrogens is 314 g/mol. The van der Waals surface area contributed by atoms with Gasteiger partial charge in [0.1, 0.15) is 5.15 Å². The lowest BCUT2D eigenvalue weighted by Gasteiger charge is -2.13. The first-order valence-corrected chi connectivity index (χ1v) is 7.82. The lowest BCUT2D eigenvalue weighted by molar-refractivity contribution is 0.0910. The van der Waals surface area contributed by atoms with Crippen molar-refractivity contribution in [1.29, 1.82) is 0 Å². The normalized spacial score (nSPS) is 12.0. The van der Waals surface area contributed by atoms with Gasteiger partial charge in [0.05, 0.1) is 11.7 Å². The molecule has 0 saturated heterocycles. The molecule has 2 aromatic rings. The van der Waals surface area contributed by atoms with Crippen LogP contribution in [0.3, 0.4) is 0 Å². The van der Waals surface area contributed by atoms with Crippen LogP contribution < -0.4 is 11.1 Å². The van der Waals surface area contributed by atoms with Crippen molar-refractivity contribution in [2.45, 2.75) is 25.5 Å². The van der Waals surface area contributed by atoms with Crippen molar-refractivity contribution in [1.82, 2.24) is 10.3 Å². The maximum atomic E-state index is 11.9. The molecule has 0 aliphatic carbocycles. The molecule has 23 heavy (non-hydrogen) atoms. The predicted octanol–water partition coefficient (Wildman–Crippen LogP) is 1.92. The fourth-order valence-corrected chi connectivity index (χ4v) is 2.36. The number of nitrogens with two attached hydrogens (primary N) is 1. The van der Waals surface area contributed by atoms with Gasteiger partial charge < -0.3 is 16.2 Å². The number of aliphatic hydroxyl groups excluding tert-OH is 1. The average molecular weight is 334 g/mol. The molecule has 0 bridgehead atoms. The molecule has 5 nitrogen and oxygen atoms in total. The predicted molar refractivity (Wildman–Crippen MR) is 90.2 cm³/mol. The van der Waals surface area contributed by atoms with Crippen LogP contribution in [0.25, 0.3) is 0 Å². The summed E-state index contributed by atoms with van der Waals surface area (Å²) in [7, 11) is 0. The zero-order valence-electron chi connectivity index (χ0n) is 12.7. The van der Waals surface area contributed by atoms with E-state index in [2.05, 4.69) is 10.3 Å². The first-order chi connectivity index (χ1) is 11.1. The molecule has 0 aliphatic rings. The topological polar surface area (TPSA) is 88.2 Å². The zero-order valence-corrected chi connectivity index (χ0v) is 13.5. The highest BCUT2D eigenvalue weighted by Gasteiger charge is 2.10. The van der Waals surface area contributed by atoms with Gasteiger partial charge in [0.15, 0.2) is 0 Å². The molecule has 1 amide bonds. The fraction of sp³-hybridized carbons (Fsp3) is 0.294. The van der Waals surface area contributed by atoms with Gasteiger partial charge in [0.25, 0.3) is 5.91 Å². The molecule has 1 heterocycles. The summed E-state index contributed by atoms with van der Waals surface area (Å²) in [6.07, 6.45) is 2.05. The second kappa shape index (κ2) is 8.62. The third-order valence-electron chi connectivity index (χ3n) is 3.57. The van der Waals surface area contributed by atoms with Crippen molar-refractivity contribution in [3.05, 3.63) is 64.4 Å². The van der Waals surface area contributed by atoms with Crippen LogP contribution >= 0.6 is 11.6 Å². The van der Waals surface area contributed by atoms with Crippen LogP contribution in [-0.4, -0.2) is 28.6 Å². The van der Waals surface area contributed by atoms with E-state index in [1.165, 1.54) is 6.20 Å². The van der Waals surface area contributed by atoms with Crippen LogP contribution in [0.5, 0.6) is 0 Å². The number of aryl methyl sites for hydroxylation is 1. The van der Waals surface area contributed by atoms with Crippen molar-refractivity contribution in [3.8, 4) is 0 Å². The Hall–Kier alpha value is -1.95. The summed E-state index contributed by atoms with van der Waals surface area (Å²) in [5, 5.41) is 13.1. The zero-order chi connectivity index (χ0) is 16.7. The highest BCUT2D eigenvalue weighted by atomic mass is 35.5. The summed E-state index contributed by atoms with van der Waals surface area (Å²) in [6.45, 7) is 0.665. The van der Waals surface area contributed by atoms with Crippen molar-refractivity contribution in [3.63, 3.8) is 0 Å². The van der Waals surface area contributed by atoms with Crippen molar-refractivity contribution in [2.75, 3.05) is 6.54 Å². The Bertz CT molecular complexity index is 647. The summed E-state index contributed by atoms with van der Waals surface area (Å²) in [5.74, 6) is -0.282. The minimum Gasteiger partial charge on any atom is -0.391 e. The largest absolute Gasteiger partial charge is 0.391 e. The Morgan fingerprint density at radius 2 is 2.00 bits per heavy atom. The van der Waals surface area contributed by atoms with Gasteiger partial charge in [-0.3, -0.25) is 4.79 Å². The van der Waals surface area contributed by atoms with Gasteiger partial charge in [-0.2, -0.15) is 0 Å². The monoisotopic (exact) mass is 333 g/mol. The second-order valence-electron chi connectivity index (χ2n) is 5.24. The minimum atomic E-state index is -0.620. The molecular formula is C17H20ClN3O2. The van der Waals surface area contributed by atoms with Crippen LogP contribution in [0.2, 0.25) is 5.15 Å². The molecule has 0 fully saturated rings. The summed E-state index contributed by atoms with van der Waals surface area (Å²) in [5.41, 5.74) is 8.31. The average Bonchev–Trinajstić information content (AvgIpc) is 2.58. The molecule has 0 spiro atoms. The quantitative estimate of drug-likeness (QED) is 0.675. The van der Waals surface area contributed by atoms with E-state index in [1.54, 1.807) is 12.1 Å². The number of halogens is 1. The highest BCUT2D eigenvalue weighted by Crippen LogP contribution is 2.11. The lowest BCUT2D eigenvalue weighted by Crippen LogP contribution is -2.32. The lowest BCUT2D eigenvalue weighted by atomic mass is 10.0. The van der Waals surface area contributed by atoms with E-state index in [1.807, 2.05) is 24.3 Å². The van der Waals surface area contributed by atoms with E-state index < -0.39 is 6.10 Å². The van der Waals surface area contributed by atoms with Gasteiger partial charge >= 0.3 is 0 Å². The molecule has 1 aromatic carbocycles. The van der Waals surface area contributed by atoms with E-state index in [0.29, 0.717) is 30.1 Å². The number of hydrogen-bond acceptors (Lipinski definition) is 4. The summed E-state index contributed by atoms with van der Waals surface area (Å²) >= 11 is 5.68. The van der Waals surface area contributed by atoms with E-state index in [4.69, 9.17) is 17.3 Å². The van der Waals surface area contributed by atoms with E-state index >= 15 is 0 Å². The molecule has 1 atom stereocenters. The third-order valence-corrected chi connectivity index (χ3v) is 3.80. The maximum Gasteiger partial charge on any atom is 0.252 e. The number of amides is 1. The van der Waals surface area contributed by atoms with Gasteiger partial charge in [0.2, 0.25) is 0 Å². The first kappa shape index (κ1) is 17.4. The highest BCUT2D eigenvalue weighted by molar-refractivity contribution is 6.29. The molecule has 2 rings (SSSR count). The molecule has 1 unspecified atom stereocenters. The van der Waals surface area contributed by atoms with Crippen LogP contribution in [0.15, 0.2) is 42.6 Å². The maximum absolute atomic E-state index is 11.9. The standard InChI is InChI=1S/C17H20ClN3O2/c18-16-8-6-14(10-20-16)17(23)21-11-15(22)7-5-12-3-1-2-4-13(12)9-19/h1-4,6,8,10,15,22H,5,7,9,11,19H2,(H,21,23). The number of aliphatic hydroxyl groups is 1. The number of nitrogens with zero attached hydrogens (tertiary/aromatic N) is 1. The van der Waals surface area contributed by atoms with Crippen LogP contribution in [0, 0.1) is 0 Å².